The van der Waals surface area contributed by atoms with Crippen molar-refractivity contribution in [3.63, 3.8) is 0 Å². The monoisotopic (exact) mass is 406 g/mol. The summed E-state index contributed by atoms with van der Waals surface area (Å²) in [5.41, 5.74) is 3.50. The van der Waals surface area contributed by atoms with Crippen LogP contribution in [0.5, 0.6) is 0 Å². The summed E-state index contributed by atoms with van der Waals surface area (Å²) in [6.45, 7) is 7.34. The number of benzene rings is 2. The third-order valence-corrected chi connectivity index (χ3v) is 5.51. The van der Waals surface area contributed by atoms with Crippen LogP contribution in [0.25, 0.3) is 11.0 Å². The Kier molecular flexibility index (Phi) is 5.97. The number of carbonyl (C=O) groups is 1. The number of nitrogens with one attached hydrogen (secondary N) is 1. The van der Waals surface area contributed by atoms with Crippen molar-refractivity contribution in [2.45, 2.75) is 19.9 Å². The van der Waals surface area contributed by atoms with Crippen molar-refractivity contribution < 1.29 is 13.9 Å². The minimum absolute atomic E-state index is 0.0216. The van der Waals surface area contributed by atoms with Crippen molar-refractivity contribution in [3.8, 4) is 0 Å². The molecule has 0 bridgehead atoms. The van der Waals surface area contributed by atoms with Gasteiger partial charge in [-0.15, -0.1) is 0 Å². The summed E-state index contributed by atoms with van der Waals surface area (Å²) in [5, 5.41) is 3.44. The molecule has 1 amide bonds. The Hall–Kier alpha value is -2.96. The first-order valence-corrected chi connectivity index (χ1v) is 10.2. The highest BCUT2D eigenvalue weighted by atomic mass is 16.5. The summed E-state index contributed by atoms with van der Waals surface area (Å²) in [5.74, 6) is -0.360. The van der Waals surface area contributed by atoms with Gasteiger partial charge in [0.1, 0.15) is 5.58 Å². The van der Waals surface area contributed by atoms with Gasteiger partial charge in [0.2, 0.25) is 0 Å². The van der Waals surface area contributed by atoms with E-state index in [9.17, 15) is 9.59 Å². The molecule has 30 heavy (non-hydrogen) atoms. The van der Waals surface area contributed by atoms with Crippen LogP contribution in [0.3, 0.4) is 0 Å². The van der Waals surface area contributed by atoms with E-state index in [0.717, 1.165) is 24.2 Å². The second-order valence-electron chi connectivity index (χ2n) is 7.76. The molecule has 1 aromatic heterocycles. The molecule has 0 aliphatic carbocycles. The highest BCUT2D eigenvalue weighted by Crippen LogP contribution is 2.22. The van der Waals surface area contributed by atoms with Crippen molar-refractivity contribution in [1.29, 1.82) is 0 Å². The fourth-order valence-corrected chi connectivity index (χ4v) is 3.79. The van der Waals surface area contributed by atoms with Gasteiger partial charge in [-0.25, -0.2) is 0 Å². The van der Waals surface area contributed by atoms with E-state index in [0.29, 0.717) is 30.7 Å². The zero-order valence-electron chi connectivity index (χ0n) is 17.3. The largest absolute Gasteiger partial charge is 0.451 e. The Bertz CT molecular complexity index is 1100. The molecule has 156 valence electrons. The SMILES string of the molecule is Cc1ccc([C@H](CNC(=O)c2cc(=O)c3cc(C)ccc3o2)N2CCOCC2)cc1. The van der Waals surface area contributed by atoms with Crippen molar-refractivity contribution in [3.05, 3.63) is 81.2 Å². The summed E-state index contributed by atoms with van der Waals surface area (Å²) in [6, 6.07) is 15.0. The van der Waals surface area contributed by atoms with Crippen LogP contribution < -0.4 is 10.7 Å². The van der Waals surface area contributed by atoms with Crippen LogP contribution >= 0.6 is 0 Å². The minimum atomic E-state index is -0.389. The van der Waals surface area contributed by atoms with Crippen LogP contribution in [-0.4, -0.2) is 43.7 Å². The van der Waals surface area contributed by atoms with Crippen LogP contribution in [0.2, 0.25) is 0 Å². The van der Waals surface area contributed by atoms with E-state index >= 15 is 0 Å². The van der Waals surface area contributed by atoms with Gasteiger partial charge in [0.15, 0.2) is 11.2 Å². The molecular formula is C24H26N2O4. The second kappa shape index (κ2) is 8.81. The van der Waals surface area contributed by atoms with Gasteiger partial charge in [-0.2, -0.15) is 0 Å². The Morgan fingerprint density at radius 1 is 1.03 bits per heavy atom. The molecule has 0 radical (unpaired) electrons. The lowest BCUT2D eigenvalue weighted by Gasteiger charge is -2.35. The third-order valence-electron chi connectivity index (χ3n) is 5.51. The van der Waals surface area contributed by atoms with Crippen LogP contribution in [0.1, 0.15) is 33.3 Å². The molecule has 2 aromatic carbocycles. The van der Waals surface area contributed by atoms with Gasteiger partial charge >= 0.3 is 0 Å². The smallest absolute Gasteiger partial charge is 0.287 e. The van der Waals surface area contributed by atoms with Crippen LogP contribution in [0, 0.1) is 13.8 Å². The first kappa shape index (κ1) is 20.3. The quantitative estimate of drug-likeness (QED) is 0.705. The van der Waals surface area contributed by atoms with Crippen molar-refractivity contribution >= 4 is 16.9 Å². The number of ether oxygens (including phenoxy) is 1. The summed E-state index contributed by atoms with van der Waals surface area (Å²) in [4.78, 5) is 27.5. The number of amides is 1. The zero-order chi connectivity index (χ0) is 21.1. The molecule has 6 nitrogen and oxygen atoms in total. The number of morpholine rings is 1. The molecule has 1 saturated heterocycles. The summed E-state index contributed by atoms with van der Waals surface area (Å²) >= 11 is 0. The number of hydrogen-bond donors (Lipinski definition) is 1. The molecule has 0 spiro atoms. The molecule has 1 aliphatic heterocycles. The van der Waals surface area contributed by atoms with Gasteiger partial charge in [-0.3, -0.25) is 14.5 Å². The van der Waals surface area contributed by atoms with E-state index < -0.39 is 0 Å². The molecule has 2 heterocycles. The van der Waals surface area contributed by atoms with E-state index in [2.05, 4.69) is 41.4 Å². The normalized spacial score (nSPS) is 15.8. The number of nitrogens with zero attached hydrogens (tertiary/aromatic N) is 1. The molecule has 6 heteroatoms. The van der Waals surface area contributed by atoms with Gasteiger partial charge in [-0.1, -0.05) is 41.5 Å². The second-order valence-corrected chi connectivity index (χ2v) is 7.76. The molecule has 1 fully saturated rings. The van der Waals surface area contributed by atoms with Crippen molar-refractivity contribution in [2.75, 3.05) is 32.8 Å². The number of rotatable bonds is 5. The molecule has 1 N–H and O–H groups in total. The lowest BCUT2D eigenvalue weighted by atomic mass is 10.0. The fourth-order valence-electron chi connectivity index (χ4n) is 3.79. The third kappa shape index (κ3) is 4.45. The molecule has 1 atom stereocenters. The highest BCUT2D eigenvalue weighted by molar-refractivity contribution is 5.93. The first-order chi connectivity index (χ1) is 14.5. The predicted molar refractivity (Wildman–Crippen MR) is 116 cm³/mol. The molecule has 1 aliphatic rings. The van der Waals surface area contributed by atoms with Gasteiger partial charge in [-0.05, 0) is 31.5 Å². The Morgan fingerprint density at radius 3 is 2.47 bits per heavy atom. The average Bonchev–Trinajstić information content (AvgIpc) is 2.76. The maximum Gasteiger partial charge on any atom is 0.287 e. The lowest BCUT2D eigenvalue weighted by molar-refractivity contribution is 0.0161. The maximum absolute atomic E-state index is 12.8. The van der Waals surface area contributed by atoms with Gasteiger partial charge in [0.25, 0.3) is 5.91 Å². The van der Waals surface area contributed by atoms with Crippen molar-refractivity contribution in [1.82, 2.24) is 10.2 Å². The fraction of sp³-hybridized carbons (Fsp3) is 0.333. The van der Waals surface area contributed by atoms with Gasteiger partial charge in [0, 0.05) is 25.7 Å². The maximum atomic E-state index is 12.8. The Morgan fingerprint density at radius 2 is 1.73 bits per heavy atom. The van der Waals surface area contributed by atoms with E-state index in [1.54, 1.807) is 12.1 Å². The summed E-state index contributed by atoms with van der Waals surface area (Å²) < 4.78 is 11.2. The number of aryl methyl sites for hydroxylation is 2. The number of hydrogen-bond acceptors (Lipinski definition) is 5. The molecule has 0 unspecified atom stereocenters. The predicted octanol–water partition coefficient (Wildman–Crippen LogP) is 3.21. The average molecular weight is 406 g/mol. The molecule has 3 aromatic rings. The molecule has 0 saturated carbocycles. The highest BCUT2D eigenvalue weighted by Gasteiger charge is 2.24. The number of carbonyl (C=O) groups excluding carboxylic acids is 1. The minimum Gasteiger partial charge on any atom is -0.451 e. The van der Waals surface area contributed by atoms with Gasteiger partial charge < -0.3 is 14.5 Å². The standard InChI is InChI=1S/C24H26N2O4/c1-16-3-6-18(7-4-16)20(26-9-11-29-12-10-26)15-25-24(28)23-14-21(27)19-13-17(2)5-8-22(19)30-23/h3-8,13-14,20H,9-12,15H2,1-2H3,(H,25,28)/t20-/m0/s1. The van der Waals surface area contributed by atoms with E-state index in [-0.39, 0.29) is 23.1 Å². The van der Waals surface area contributed by atoms with E-state index in [4.69, 9.17) is 9.15 Å². The van der Waals surface area contributed by atoms with E-state index in [1.807, 2.05) is 13.0 Å². The zero-order valence-corrected chi connectivity index (χ0v) is 17.3. The lowest BCUT2D eigenvalue weighted by Crippen LogP contribution is -2.43. The Balaban J connectivity index is 1.55. The molecule has 4 rings (SSSR count). The molecular weight excluding hydrogens is 380 g/mol. The first-order valence-electron chi connectivity index (χ1n) is 10.2. The Labute approximate surface area is 175 Å². The van der Waals surface area contributed by atoms with Crippen LogP contribution in [0.15, 0.2) is 57.7 Å². The van der Waals surface area contributed by atoms with Gasteiger partial charge in [0.05, 0.1) is 24.6 Å². The summed E-state index contributed by atoms with van der Waals surface area (Å²) in [7, 11) is 0. The van der Waals surface area contributed by atoms with E-state index in [1.165, 1.54) is 11.6 Å². The van der Waals surface area contributed by atoms with Crippen molar-refractivity contribution in [2.24, 2.45) is 0 Å². The topological polar surface area (TPSA) is 71.8 Å². The summed E-state index contributed by atoms with van der Waals surface area (Å²) in [6.07, 6.45) is 0. The van der Waals surface area contributed by atoms with Crippen LogP contribution in [0.4, 0.5) is 0 Å². The van der Waals surface area contributed by atoms with Crippen LogP contribution in [-0.2, 0) is 4.74 Å². The number of fused-ring (bicyclic) bond motifs is 1.